The first-order chi connectivity index (χ1) is 7.20. The second kappa shape index (κ2) is 4.03. The van der Waals surface area contributed by atoms with Gasteiger partial charge in [0, 0.05) is 13.1 Å². The summed E-state index contributed by atoms with van der Waals surface area (Å²) in [5, 5.41) is 0. The average molecular weight is 205 g/mol. The van der Waals surface area contributed by atoms with Gasteiger partial charge < -0.3 is 9.64 Å². The summed E-state index contributed by atoms with van der Waals surface area (Å²) in [6.45, 7) is 2.00. The molecule has 1 aliphatic rings. The fourth-order valence-corrected chi connectivity index (χ4v) is 1.94. The molecule has 0 aliphatic carbocycles. The van der Waals surface area contributed by atoms with E-state index in [1.54, 1.807) is 0 Å². The van der Waals surface area contributed by atoms with Gasteiger partial charge in [-0.05, 0) is 36.7 Å². The monoisotopic (exact) mass is 205 g/mol. The molecular weight excluding hydrogens is 190 g/mol. The molecule has 0 saturated carbocycles. The van der Waals surface area contributed by atoms with E-state index in [1.807, 2.05) is 18.2 Å². The molecule has 3 heteroatoms. The molecule has 0 amide bonds. The third kappa shape index (κ3) is 2.02. The first-order valence-corrected chi connectivity index (χ1v) is 5.09. The molecular formula is C12H15NO2. The number of carbonyl (C=O) groups is 1. The van der Waals surface area contributed by atoms with E-state index in [1.165, 1.54) is 18.2 Å². The van der Waals surface area contributed by atoms with Crippen molar-refractivity contribution in [2.24, 2.45) is 0 Å². The van der Waals surface area contributed by atoms with Crippen LogP contribution < -0.4 is 0 Å². The standard InChI is InChI=1S/C12H15NO2/c1-13-6-5-9-3-4-10(12(14)15-2)7-11(9)8-13/h3-4,7H,5-6,8H2,1-2H3. The molecule has 3 nitrogen and oxygen atoms in total. The van der Waals surface area contributed by atoms with Crippen molar-refractivity contribution in [2.45, 2.75) is 13.0 Å². The van der Waals surface area contributed by atoms with Gasteiger partial charge >= 0.3 is 5.97 Å². The number of likely N-dealkylation sites (N-methyl/N-ethyl adjacent to an activating group) is 1. The largest absolute Gasteiger partial charge is 0.465 e. The Balaban J connectivity index is 2.32. The third-order valence-electron chi connectivity index (χ3n) is 2.83. The summed E-state index contributed by atoms with van der Waals surface area (Å²) in [5.41, 5.74) is 3.24. The minimum absolute atomic E-state index is 0.258. The number of ether oxygens (including phenoxy) is 1. The Hall–Kier alpha value is -1.35. The zero-order chi connectivity index (χ0) is 10.8. The fraction of sp³-hybridized carbons (Fsp3) is 0.417. The fourth-order valence-electron chi connectivity index (χ4n) is 1.94. The molecule has 80 valence electrons. The molecule has 0 bridgehead atoms. The number of benzene rings is 1. The maximum atomic E-state index is 11.3. The molecule has 0 radical (unpaired) electrons. The minimum Gasteiger partial charge on any atom is -0.465 e. The highest BCUT2D eigenvalue weighted by Crippen LogP contribution is 2.19. The van der Waals surface area contributed by atoms with Crippen LogP contribution in [0.15, 0.2) is 18.2 Å². The quantitative estimate of drug-likeness (QED) is 0.650. The maximum absolute atomic E-state index is 11.3. The summed E-state index contributed by atoms with van der Waals surface area (Å²) in [5.74, 6) is -0.258. The summed E-state index contributed by atoms with van der Waals surface area (Å²) in [6, 6.07) is 5.82. The van der Waals surface area contributed by atoms with Gasteiger partial charge in [0.05, 0.1) is 12.7 Å². The predicted octanol–water partition coefficient (Wildman–Crippen LogP) is 1.46. The van der Waals surface area contributed by atoms with Gasteiger partial charge in [0.15, 0.2) is 0 Å². The van der Waals surface area contributed by atoms with Crippen LogP contribution in [0.1, 0.15) is 21.5 Å². The van der Waals surface area contributed by atoms with Crippen LogP contribution >= 0.6 is 0 Å². The van der Waals surface area contributed by atoms with Crippen LogP contribution in [-0.4, -0.2) is 31.6 Å². The number of rotatable bonds is 1. The van der Waals surface area contributed by atoms with Crippen molar-refractivity contribution in [1.82, 2.24) is 4.90 Å². The van der Waals surface area contributed by atoms with Gasteiger partial charge in [0.2, 0.25) is 0 Å². The predicted molar refractivity (Wildman–Crippen MR) is 57.8 cm³/mol. The number of carbonyl (C=O) groups excluding carboxylic acids is 1. The number of fused-ring (bicyclic) bond motifs is 1. The van der Waals surface area contributed by atoms with Gasteiger partial charge in [0.25, 0.3) is 0 Å². The van der Waals surface area contributed by atoms with E-state index in [0.717, 1.165) is 19.5 Å². The Labute approximate surface area is 89.7 Å². The Morgan fingerprint density at radius 2 is 2.20 bits per heavy atom. The molecule has 0 N–H and O–H groups in total. The number of nitrogens with zero attached hydrogens (tertiary/aromatic N) is 1. The lowest BCUT2D eigenvalue weighted by molar-refractivity contribution is 0.0600. The lowest BCUT2D eigenvalue weighted by Crippen LogP contribution is -2.26. The zero-order valence-electron chi connectivity index (χ0n) is 9.12. The SMILES string of the molecule is COC(=O)c1ccc2c(c1)CN(C)CC2. The Morgan fingerprint density at radius 1 is 1.40 bits per heavy atom. The average Bonchev–Trinajstić information content (AvgIpc) is 2.27. The summed E-state index contributed by atoms with van der Waals surface area (Å²) < 4.78 is 4.70. The Bertz CT molecular complexity index is 387. The minimum atomic E-state index is -0.258. The van der Waals surface area contributed by atoms with Crippen molar-refractivity contribution in [3.8, 4) is 0 Å². The van der Waals surface area contributed by atoms with Crippen molar-refractivity contribution in [3.63, 3.8) is 0 Å². The van der Waals surface area contributed by atoms with Crippen molar-refractivity contribution in [1.29, 1.82) is 0 Å². The first-order valence-electron chi connectivity index (χ1n) is 5.09. The summed E-state index contributed by atoms with van der Waals surface area (Å²) in [6.07, 6.45) is 1.06. The molecule has 0 spiro atoms. The molecule has 0 saturated heterocycles. The van der Waals surface area contributed by atoms with Crippen molar-refractivity contribution in [2.75, 3.05) is 20.7 Å². The maximum Gasteiger partial charge on any atom is 0.337 e. The van der Waals surface area contributed by atoms with Gasteiger partial charge in [-0.2, -0.15) is 0 Å². The molecule has 1 aromatic rings. The number of esters is 1. The van der Waals surface area contributed by atoms with Gasteiger partial charge in [-0.25, -0.2) is 4.79 Å². The molecule has 0 fully saturated rings. The molecule has 2 rings (SSSR count). The number of hydrogen-bond acceptors (Lipinski definition) is 3. The summed E-state index contributed by atoms with van der Waals surface area (Å²) >= 11 is 0. The smallest absolute Gasteiger partial charge is 0.337 e. The molecule has 0 atom stereocenters. The number of methoxy groups -OCH3 is 1. The van der Waals surface area contributed by atoms with E-state index in [-0.39, 0.29) is 5.97 Å². The van der Waals surface area contributed by atoms with Crippen molar-refractivity contribution >= 4 is 5.97 Å². The van der Waals surface area contributed by atoms with Crippen LogP contribution in [-0.2, 0) is 17.7 Å². The van der Waals surface area contributed by atoms with E-state index >= 15 is 0 Å². The van der Waals surface area contributed by atoms with Crippen LogP contribution in [0.3, 0.4) is 0 Å². The van der Waals surface area contributed by atoms with Crippen LogP contribution in [0.25, 0.3) is 0 Å². The second-order valence-corrected chi connectivity index (χ2v) is 3.96. The third-order valence-corrected chi connectivity index (χ3v) is 2.83. The van der Waals surface area contributed by atoms with Crippen LogP contribution in [0.4, 0.5) is 0 Å². The van der Waals surface area contributed by atoms with E-state index in [2.05, 4.69) is 11.9 Å². The second-order valence-electron chi connectivity index (χ2n) is 3.96. The van der Waals surface area contributed by atoms with Gasteiger partial charge in [-0.1, -0.05) is 6.07 Å². The Kier molecular flexibility index (Phi) is 2.73. The molecule has 0 aromatic heterocycles. The van der Waals surface area contributed by atoms with Crippen LogP contribution in [0.5, 0.6) is 0 Å². The molecule has 1 aromatic carbocycles. The van der Waals surface area contributed by atoms with E-state index in [4.69, 9.17) is 4.74 Å². The van der Waals surface area contributed by atoms with Gasteiger partial charge in [-0.15, -0.1) is 0 Å². The Morgan fingerprint density at radius 3 is 2.93 bits per heavy atom. The van der Waals surface area contributed by atoms with Crippen molar-refractivity contribution in [3.05, 3.63) is 34.9 Å². The van der Waals surface area contributed by atoms with E-state index in [9.17, 15) is 4.79 Å². The van der Waals surface area contributed by atoms with Crippen LogP contribution in [0, 0.1) is 0 Å². The molecule has 1 aliphatic heterocycles. The van der Waals surface area contributed by atoms with Gasteiger partial charge in [-0.3, -0.25) is 0 Å². The highest BCUT2D eigenvalue weighted by atomic mass is 16.5. The first kappa shape index (κ1) is 10.2. The van der Waals surface area contributed by atoms with Crippen molar-refractivity contribution < 1.29 is 9.53 Å². The normalized spacial score (nSPS) is 15.9. The topological polar surface area (TPSA) is 29.5 Å². The zero-order valence-corrected chi connectivity index (χ0v) is 9.12. The molecule has 15 heavy (non-hydrogen) atoms. The van der Waals surface area contributed by atoms with E-state index < -0.39 is 0 Å². The molecule has 0 unspecified atom stereocenters. The lowest BCUT2D eigenvalue weighted by atomic mass is 9.98. The van der Waals surface area contributed by atoms with Crippen LogP contribution in [0.2, 0.25) is 0 Å². The highest BCUT2D eigenvalue weighted by molar-refractivity contribution is 5.89. The highest BCUT2D eigenvalue weighted by Gasteiger charge is 2.15. The lowest BCUT2D eigenvalue weighted by Gasteiger charge is -2.25. The van der Waals surface area contributed by atoms with E-state index in [0.29, 0.717) is 5.56 Å². The summed E-state index contributed by atoms with van der Waals surface area (Å²) in [4.78, 5) is 13.6. The molecule has 1 heterocycles. The van der Waals surface area contributed by atoms with Gasteiger partial charge in [0.1, 0.15) is 0 Å². The summed E-state index contributed by atoms with van der Waals surface area (Å²) in [7, 11) is 3.50. The number of hydrogen-bond donors (Lipinski definition) is 0.